The lowest BCUT2D eigenvalue weighted by Gasteiger charge is -2.25. The molecule has 0 spiro atoms. The van der Waals surface area contributed by atoms with Gasteiger partial charge in [-0.15, -0.1) is 0 Å². The molecule has 410 valence electrons. The van der Waals surface area contributed by atoms with Crippen LogP contribution in [-0.4, -0.2) is 75.5 Å². The van der Waals surface area contributed by atoms with Gasteiger partial charge in [0.15, 0.2) is 0 Å². The fraction of sp³-hybridized carbons (Fsp3) is 0.525. The van der Waals surface area contributed by atoms with Crippen molar-refractivity contribution in [3.8, 4) is 0 Å². The van der Waals surface area contributed by atoms with Crippen LogP contribution < -0.4 is 21.3 Å². The second kappa shape index (κ2) is 26.8. The lowest BCUT2D eigenvalue weighted by atomic mass is 9.76. The molecule has 0 aromatic heterocycles. The van der Waals surface area contributed by atoms with Gasteiger partial charge in [0.1, 0.15) is 34.8 Å². The van der Waals surface area contributed by atoms with Crippen molar-refractivity contribution >= 4 is 92.7 Å². The normalized spacial score (nSPS) is 23.6. The lowest BCUT2D eigenvalue weighted by Crippen LogP contribution is -2.32. The molecule has 4 N–H and O–H groups in total. The van der Waals surface area contributed by atoms with Gasteiger partial charge in [0, 0.05) is 132 Å². The van der Waals surface area contributed by atoms with Crippen LogP contribution in [-0.2, 0) is 19.2 Å². The molecule has 4 saturated heterocycles. The zero-order valence-corrected chi connectivity index (χ0v) is 49.5. The maximum atomic E-state index is 14.0. The first kappa shape index (κ1) is 62.8. The van der Waals surface area contributed by atoms with Gasteiger partial charge in [0.05, 0.1) is 20.1 Å². The molecule has 8 rings (SSSR count). The van der Waals surface area contributed by atoms with Crippen LogP contribution in [0.3, 0.4) is 0 Å². The van der Waals surface area contributed by atoms with Crippen LogP contribution >= 0.6 is 69.6 Å². The molecule has 0 unspecified atom stereocenters. The van der Waals surface area contributed by atoms with E-state index in [0.29, 0.717) is 79.0 Å². The van der Waals surface area contributed by atoms with Crippen molar-refractivity contribution in [1.82, 2.24) is 21.3 Å². The second-order valence-electron chi connectivity index (χ2n) is 23.6. The Balaban J connectivity index is 0.000000185. The van der Waals surface area contributed by atoms with Gasteiger partial charge in [0.2, 0.25) is 0 Å². The number of Topliss-reactive ketones (excluding diaryl/α,β-unsaturated/α-hetero) is 4. The van der Waals surface area contributed by atoms with E-state index in [-0.39, 0.29) is 81.9 Å². The predicted octanol–water partition coefficient (Wildman–Crippen LogP) is 14.2. The summed E-state index contributed by atoms with van der Waals surface area (Å²) >= 11 is 35.5. The van der Waals surface area contributed by atoms with E-state index in [1.807, 2.05) is 100 Å². The van der Waals surface area contributed by atoms with Gasteiger partial charge in [-0.3, -0.25) is 19.2 Å². The van der Waals surface area contributed by atoms with E-state index in [1.165, 1.54) is 12.1 Å². The van der Waals surface area contributed by atoms with Crippen LogP contribution in [0.25, 0.3) is 0 Å². The maximum absolute atomic E-state index is 14.0. The topological polar surface area (TPSA) is 116 Å². The van der Waals surface area contributed by atoms with E-state index in [0.717, 1.165) is 37.3 Å². The Morgan fingerprint density at radius 1 is 0.427 bits per heavy atom. The summed E-state index contributed by atoms with van der Waals surface area (Å²) in [6.45, 7) is 26.9. The molecule has 8 atom stereocenters. The average Bonchev–Trinajstić information content (AvgIpc) is 4.18. The predicted molar refractivity (Wildman–Crippen MR) is 305 cm³/mol. The van der Waals surface area contributed by atoms with E-state index >= 15 is 0 Å². The largest absolute Gasteiger partial charge is 0.315 e. The number of benzene rings is 4. The molecule has 0 radical (unpaired) electrons. The van der Waals surface area contributed by atoms with Crippen LogP contribution in [0.1, 0.15) is 122 Å². The average molecular weight is 1150 g/mol. The Morgan fingerprint density at radius 2 is 0.733 bits per heavy atom. The summed E-state index contributed by atoms with van der Waals surface area (Å²) in [4.78, 5) is 49.6. The van der Waals surface area contributed by atoms with Crippen molar-refractivity contribution in [2.75, 3.05) is 52.4 Å². The van der Waals surface area contributed by atoms with E-state index in [2.05, 4.69) is 21.3 Å². The zero-order valence-electron chi connectivity index (χ0n) is 44.9. The summed E-state index contributed by atoms with van der Waals surface area (Å²) in [5.74, 6) is 0.273. The summed E-state index contributed by atoms with van der Waals surface area (Å²) < 4.78 is 28.0. The number of ketones is 4. The monoisotopic (exact) mass is 1150 g/mol. The Morgan fingerprint density at radius 3 is 1.04 bits per heavy atom. The molecular formula is C59H74Cl6F2N4O4. The number of hydrogen-bond donors (Lipinski definition) is 4. The van der Waals surface area contributed by atoms with E-state index in [4.69, 9.17) is 69.6 Å². The smallest absolute Gasteiger partial charge is 0.143 e. The van der Waals surface area contributed by atoms with Crippen LogP contribution in [0.5, 0.6) is 0 Å². The van der Waals surface area contributed by atoms with Gasteiger partial charge in [-0.1, -0.05) is 170 Å². The molecule has 4 fully saturated rings. The molecular weight excluding hydrogens is 1080 g/mol. The molecule has 4 aromatic rings. The van der Waals surface area contributed by atoms with Crippen molar-refractivity contribution in [2.24, 2.45) is 45.8 Å². The SMILES string of the molecule is CC(C)(C)C(=O)[C@@H]1CNC[C@H]1c1ccc(Cl)c(Cl)c1.CC(C)(C)C(=O)[C@@H]1CNC[C@H]1c1ccc(Cl)cc1F.CC(C)(C)C(=O)[C@H]1CNC[C@@H]1c1ccc(Cl)cc1F.CC(C)C(=O)[C@H]1CNC[C@@H]1c1ccc(Cl)c(Cl)c1. The fourth-order valence-corrected chi connectivity index (χ4v) is 11.3. The number of carbonyl (C=O) groups is 4. The van der Waals surface area contributed by atoms with Crippen molar-refractivity contribution in [1.29, 1.82) is 0 Å². The Bertz CT molecular complexity index is 2570. The molecule has 4 aliphatic rings. The van der Waals surface area contributed by atoms with Gasteiger partial charge >= 0.3 is 0 Å². The number of carbonyl (C=O) groups excluding carboxylic acids is 4. The van der Waals surface area contributed by atoms with Gasteiger partial charge in [-0.25, -0.2) is 8.78 Å². The van der Waals surface area contributed by atoms with E-state index < -0.39 is 10.8 Å². The molecule has 0 bridgehead atoms. The molecule has 75 heavy (non-hydrogen) atoms. The summed E-state index contributed by atoms with van der Waals surface area (Å²) in [5.41, 5.74) is 2.21. The Hall–Kier alpha value is -3.00. The fourth-order valence-electron chi connectivity index (χ4n) is 10.4. The number of nitrogens with one attached hydrogen (secondary N) is 4. The van der Waals surface area contributed by atoms with Gasteiger partial charge in [0.25, 0.3) is 0 Å². The van der Waals surface area contributed by atoms with E-state index in [1.54, 1.807) is 36.4 Å². The van der Waals surface area contributed by atoms with Gasteiger partial charge < -0.3 is 21.3 Å². The first-order valence-corrected chi connectivity index (χ1v) is 28.0. The van der Waals surface area contributed by atoms with E-state index in [9.17, 15) is 28.0 Å². The molecule has 8 nitrogen and oxygen atoms in total. The highest BCUT2D eigenvalue weighted by Crippen LogP contribution is 2.40. The van der Waals surface area contributed by atoms with Crippen LogP contribution in [0.2, 0.25) is 30.1 Å². The number of rotatable bonds is 9. The van der Waals surface area contributed by atoms with Crippen LogP contribution in [0.4, 0.5) is 8.78 Å². The standard InChI is InChI=1S/C15H19Cl2NO.2C15H19ClFNO.C14H17Cl2NO/c1-15(2,3)14(19)11-8-18-7-10(11)9-4-5-12(16)13(17)6-9;2*1-15(2,3)14(19)12-8-18-7-11(12)10-5-4-9(16)6-13(10)17;1-8(2)14(18)11-7-17-6-10(11)9-3-4-12(15)13(16)5-9/h4-6,10-11,18H,7-8H2,1-3H3;2*4-6,11-12,18H,7-8H2,1-3H3;3-5,8,10-11,17H,6-7H2,1-2H3/t10-,11+;2*11-,12+;10-,11+/m0101/s1. The molecule has 0 saturated carbocycles. The summed E-state index contributed by atoms with van der Waals surface area (Å²) in [5, 5.41) is 16.0. The second-order valence-corrected chi connectivity index (χ2v) is 26.1. The number of halogens is 8. The molecule has 4 aliphatic heterocycles. The van der Waals surface area contributed by atoms with Crippen molar-refractivity contribution in [2.45, 2.75) is 99.8 Å². The molecule has 16 heteroatoms. The Kier molecular flexibility index (Phi) is 22.4. The molecule has 0 amide bonds. The third-order valence-corrected chi connectivity index (χ3v) is 16.4. The molecule has 4 heterocycles. The molecule has 0 aliphatic carbocycles. The summed E-state index contributed by atoms with van der Waals surface area (Å²) in [6, 6.07) is 20.7. The highest BCUT2D eigenvalue weighted by atomic mass is 35.5. The zero-order chi connectivity index (χ0) is 55.9. The van der Waals surface area contributed by atoms with Crippen molar-refractivity contribution in [3.63, 3.8) is 0 Å². The minimum absolute atomic E-state index is 0.0113. The van der Waals surface area contributed by atoms with Gasteiger partial charge in [-0.05, 0) is 70.8 Å². The van der Waals surface area contributed by atoms with Crippen molar-refractivity contribution in [3.05, 3.63) is 137 Å². The quantitative estimate of drug-likeness (QED) is 0.131. The third-order valence-electron chi connectivity index (χ3n) is 14.5. The molecule has 4 aromatic carbocycles. The highest BCUT2D eigenvalue weighted by Gasteiger charge is 2.42. The number of hydrogen-bond acceptors (Lipinski definition) is 8. The first-order valence-electron chi connectivity index (χ1n) is 25.7. The third kappa shape index (κ3) is 16.5. The maximum Gasteiger partial charge on any atom is 0.143 e. The van der Waals surface area contributed by atoms with Crippen LogP contribution in [0, 0.1) is 57.5 Å². The minimum Gasteiger partial charge on any atom is -0.315 e. The highest BCUT2D eigenvalue weighted by molar-refractivity contribution is 6.42. The minimum atomic E-state index is -0.405. The summed E-state index contributed by atoms with van der Waals surface area (Å²) in [6.07, 6.45) is 0. The van der Waals surface area contributed by atoms with Crippen molar-refractivity contribution < 1.29 is 28.0 Å². The first-order chi connectivity index (χ1) is 34.9. The van der Waals surface area contributed by atoms with Gasteiger partial charge in [-0.2, -0.15) is 0 Å². The van der Waals surface area contributed by atoms with Crippen LogP contribution in [0.15, 0.2) is 72.8 Å². The Labute approximate surface area is 473 Å². The summed E-state index contributed by atoms with van der Waals surface area (Å²) in [7, 11) is 0. The lowest BCUT2D eigenvalue weighted by molar-refractivity contribution is -0.130.